The van der Waals surface area contributed by atoms with Crippen LogP contribution in [0.1, 0.15) is 27.9 Å². The van der Waals surface area contributed by atoms with E-state index in [4.69, 9.17) is 5.26 Å². The molecule has 0 radical (unpaired) electrons. The van der Waals surface area contributed by atoms with Crippen molar-refractivity contribution in [1.29, 1.82) is 5.26 Å². The molecule has 22 heavy (non-hydrogen) atoms. The van der Waals surface area contributed by atoms with Crippen molar-refractivity contribution in [1.82, 2.24) is 4.90 Å². The van der Waals surface area contributed by atoms with Gasteiger partial charge in [0.2, 0.25) is 0 Å². The van der Waals surface area contributed by atoms with Crippen LogP contribution in [-0.4, -0.2) is 36.9 Å². The Balaban J connectivity index is 2.19. The number of nitriles is 1. The van der Waals surface area contributed by atoms with E-state index in [1.165, 1.54) is 0 Å². The minimum atomic E-state index is -0.0336. The monoisotopic (exact) mass is 314 g/mol. The molecule has 1 fully saturated rings. The number of hydrogen-bond acceptors (Lipinski definition) is 4. The lowest BCUT2D eigenvalue weighted by atomic mass is 9.45. The van der Waals surface area contributed by atoms with Gasteiger partial charge in [-0.25, -0.2) is 5.26 Å². The molecule has 1 saturated heterocycles. The first kappa shape index (κ1) is 16.6. The summed E-state index contributed by atoms with van der Waals surface area (Å²) in [5, 5.41) is 8.93. The third-order valence-electron chi connectivity index (χ3n) is 4.18. The molecule has 0 aliphatic carbocycles. The summed E-state index contributed by atoms with van der Waals surface area (Å²) in [6.45, 7) is 3.25. The summed E-state index contributed by atoms with van der Waals surface area (Å²) in [6.07, 6.45) is 3.44. The molecule has 0 aromatic heterocycles. The van der Waals surface area contributed by atoms with Gasteiger partial charge < -0.3 is 9.69 Å². The Morgan fingerprint density at radius 1 is 1.45 bits per heavy atom. The van der Waals surface area contributed by atoms with Crippen molar-refractivity contribution in [3.8, 4) is 5.97 Å². The lowest BCUT2D eigenvalue weighted by Gasteiger charge is -2.28. The molecule has 1 amide bonds. The zero-order valence-corrected chi connectivity index (χ0v) is 13.6. The fraction of sp³-hybridized carbons (Fsp3) is 0.438. The summed E-state index contributed by atoms with van der Waals surface area (Å²) in [5.41, 5.74) is 2.65. The van der Waals surface area contributed by atoms with E-state index in [1.54, 1.807) is 4.90 Å². The van der Waals surface area contributed by atoms with Crippen molar-refractivity contribution >= 4 is 31.5 Å². The minimum absolute atomic E-state index is 0.0336. The molecule has 1 heterocycles. The van der Waals surface area contributed by atoms with Gasteiger partial charge in [0.25, 0.3) is 12.6 Å². The van der Waals surface area contributed by atoms with Gasteiger partial charge in [0.05, 0.1) is 5.56 Å². The SMILES string of the molecule is Cc1cc(S)c(C(=O)N2CCB(C#N)CC2)cc1CCC=O. The molecule has 114 valence electrons. The molecule has 1 aromatic rings. The van der Waals surface area contributed by atoms with Crippen molar-refractivity contribution < 1.29 is 9.59 Å². The van der Waals surface area contributed by atoms with Gasteiger partial charge in [0, 0.05) is 30.4 Å². The summed E-state index contributed by atoms with van der Waals surface area (Å²) in [5.74, 6) is 2.23. The largest absolute Gasteiger partial charge is 0.340 e. The van der Waals surface area contributed by atoms with Gasteiger partial charge in [-0.1, -0.05) is 0 Å². The Kier molecular flexibility index (Phi) is 5.67. The second kappa shape index (κ2) is 7.50. The Hall–Kier alpha value is -1.74. The van der Waals surface area contributed by atoms with Crippen LogP contribution in [0.5, 0.6) is 0 Å². The molecule has 0 unspecified atom stereocenters. The highest BCUT2D eigenvalue weighted by Gasteiger charge is 2.27. The smallest absolute Gasteiger partial charge is 0.271 e. The van der Waals surface area contributed by atoms with Crippen LogP contribution in [-0.2, 0) is 11.2 Å². The normalized spacial score (nSPS) is 14.6. The number of benzene rings is 1. The van der Waals surface area contributed by atoms with E-state index < -0.39 is 0 Å². The Labute approximate surface area is 137 Å². The molecule has 0 bridgehead atoms. The number of carbonyl (C=O) groups is 2. The lowest BCUT2D eigenvalue weighted by Crippen LogP contribution is -2.40. The number of hydrogen-bond donors (Lipinski definition) is 1. The van der Waals surface area contributed by atoms with Gasteiger partial charge in [-0.2, -0.15) is 0 Å². The maximum atomic E-state index is 12.7. The lowest BCUT2D eigenvalue weighted by molar-refractivity contribution is -0.107. The molecule has 1 aliphatic rings. The number of aryl methyl sites for hydroxylation is 2. The minimum Gasteiger partial charge on any atom is -0.340 e. The first-order valence-electron chi connectivity index (χ1n) is 7.51. The summed E-state index contributed by atoms with van der Waals surface area (Å²) < 4.78 is 0. The molecule has 0 saturated carbocycles. The summed E-state index contributed by atoms with van der Waals surface area (Å²) in [6, 6.07) is 3.75. The van der Waals surface area contributed by atoms with Crippen molar-refractivity contribution in [2.75, 3.05) is 13.1 Å². The van der Waals surface area contributed by atoms with Crippen LogP contribution >= 0.6 is 12.6 Å². The number of carbonyl (C=O) groups excluding carboxylic acids is 2. The molecule has 0 N–H and O–H groups in total. The Morgan fingerprint density at radius 2 is 2.14 bits per heavy atom. The number of thiol groups is 1. The zero-order chi connectivity index (χ0) is 16.1. The predicted octanol–water partition coefficient (Wildman–Crippen LogP) is 2.43. The molecular formula is C16H19BN2O2S. The fourth-order valence-corrected chi connectivity index (χ4v) is 3.13. The van der Waals surface area contributed by atoms with E-state index >= 15 is 0 Å². The van der Waals surface area contributed by atoms with Crippen LogP contribution in [0.2, 0.25) is 12.6 Å². The second-order valence-electron chi connectivity index (χ2n) is 5.70. The topological polar surface area (TPSA) is 61.2 Å². The standard InChI is InChI=1S/C16H19BN2O2S/c1-12-9-15(22)14(10-13(12)3-2-8-20)16(21)19-6-4-17(11-18)5-7-19/h8-10,22H,2-7H2,1H3. The van der Waals surface area contributed by atoms with E-state index in [9.17, 15) is 9.59 Å². The van der Waals surface area contributed by atoms with Crippen LogP contribution in [0, 0.1) is 18.2 Å². The van der Waals surface area contributed by atoms with Crippen molar-refractivity contribution in [3.05, 3.63) is 28.8 Å². The number of nitrogens with zero attached hydrogens (tertiary/aromatic N) is 2. The third kappa shape index (κ3) is 3.72. The van der Waals surface area contributed by atoms with E-state index in [0.717, 1.165) is 30.1 Å². The maximum Gasteiger partial charge on any atom is 0.271 e. The van der Waals surface area contributed by atoms with Crippen LogP contribution in [0.15, 0.2) is 17.0 Å². The van der Waals surface area contributed by atoms with Crippen molar-refractivity contribution in [2.24, 2.45) is 0 Å². The van der Waals surface area contributed by atoms with E-state index in [0.29, 0.717) is 36.4 Å². The van der Waals surface area contributed by atoms with E-state index in [-0.39, 0.29) is 12.6 Å². The molecule has 2 rings (SSSR count). The Morgan fingerprint density at radius 3 is 2.73 bits per heavy atom. The van der Waals surface area contributed by atoms with Crippen LogP contribution in [0.25, 0.3) is 0 Å². The van der Waals surface area contributed by atoms with Gasteiger partial charge in [0.15, 0.2) is 0 Å². The van der Waals surface area contributed by atoms with Gasteiger partial charge >= 0.3 is 0 Å². The molecule has 4 nitrogen and oxygen atoms in total. The van der Waals surface area contributed by atoms with Crippen LogP contribution < -0.4 is 0 Å². The average Bonchev–Trinajstić information content (AvgIpc) is 2.53. The molecular weight excluding hydrogens is 295 g/mol. The van der Waals surface area contributed by atoms with Gasteiger partial charge in [0.1, 0.15) is 6.29 Å². The van der Waals surface area contributed by atoms with E-state index in [1.807, 2.05) is 19.1 Å². The van der Waals surface area contributed by atoms with Gasteiger partial charge in [-0.15, -0.1) is 12.6 Å². The summed E-state index contributed by atoms with van der Waals surface area (Å²) >= 11 is 4.43. The molecule has 6 heteroatoms. The average molecular weight is 314 g/mol. The first-order chi connectivity index (χ1) is 10.6. The first-order valence-corrected chi connectivity index (χ1v) is 7.96. The number of rotatable bonds is 4. The van der Waals surface area contributed by atoms with Crippen LogP contribution in [0.3, 0.4) is 0 Å². The molecule has 1 aromatic carbocycles. The van der Waals surface area contributed by atoms with Crippen LogP contribution in [0.4, 0.5) is 0 Å². The molecule has 0 atom stereocenters. The van der Waals surface area contributed by atoms with Gasteiger partial charge in [-0.3, -0.25) is 4.79 Å². The zero-order valence-electron chi connectivity index (χ0n) is 12.7. The Bertz CT molecular complexity index is 619. The van der Waals surface area contributed by atoms with E-state index in [2.05, 4.69) is 18.6 Å². The number of aldehydes is 1. The summed E-state index contributed by atoms with van der Waals surface area (Å²) in [7, 11) is 0. The fourth-order valence-electron chi connectivity index (χ4n) is 2.77. The molecule has 0 spiro atoms. The highest BCUT2D eigenvalue weighted by Crippen LogP contribution is 2.24. The van der Waals surface area contributed by atoms with Crippen molar-refractivity contribution in [3.63, 3.8) is 0 Å². The summed E-state index contributed by atoms with van der Waals surface area (Å²) in [4.78, 5) is 25.7. The van der Waals surface area contributed by atoms with Gasteiger partial charge in [-0.05, 0) is 49.2 Å². The molecule has 1 aliphatic heterocycles. The highest BCUT2D eigenvalue weighted by molar-refractivity contribution is 7.80. The number of amides is 1. The highest BCUT2D eigenvalue weighted by atomic mass is 32.1. The second-order valence-corrected chi connectivity index (χ2v) is 6.18. The predicted molar refractivity (Wildman–Crippen MR) is 89.7 cm³/mol. The quantitative estimate of drug-likeness (QED) is 0.527. The third-order valence-corrected chi connectivity index (χ3v) is 4.55. The maximum absolute atomic E-state index is 12.7. The van der Waals surface area contributed by atoms with Crippen molar-refractivity contribution in [2.45, 2.75) is 37.3 Å².